The molecule has 1 atom stereocenters. The number of aryl methyl sites for hydroxylation is 1. The normalized spacial score (nSPS) is 17.6. The maximum atomic E-state index is 12.7. The number of piperidine rings is 1. The van der Waals surface area contributed by atoms with Crippen LogP contribution in [0.5, 0.6) is 11.5 Å². The van der Waals surface area contributed by atoms with Crippen molar-refractivity contribution in [1.29, 1.82) is 0 Å². The maximum absolute atomic E-state index is 12.7. The first kappa shape index (κ1) is 24.9. The Morgan fingerprint density at radius 1 is 1.28 bits per heavy atom. The van der Waals surface area contributed by atoms with Gasteiger partial charge < -0.3 is 30.0 Å². The second kappa shape index (κ2) is 9.97. The number of anilines is 1. The van der Waals surface area contributed by atoms with Crippen LogP contribution in [0.25, 0.3) is 11.2 Å². The van der Waals surface area contributed by atoms with Crippen LogP contribution in [0.2, 0.25) is 0 Å². The number of hydrogen-bond donors (Lipinski definition) is 2. The van der Waals surface area contributed by atoms with Crippen molar-refractivity contribution < 1.29 is 14.3 Å². The molecule has 1 saturated heterocycles. The first-order chi connectivity index (χ1) is 17.2. The van der Waals surface area contributed by atoms with Crippen molar-refractivity contribution in [3.63, 3.8) is 0 Å². The molecule has 0 spiro atoms. The number of nitrogen functional groups attached to an aromatic ring is 1. The number of urea groups is 1. The highest BCUT2D eigenvalue weighted by molar-refractivity contribution is 9.10. The molecule has 36 heavy (non-hydrogen) atoms. The van der Waals surface area contributed by atoms with Gasteiger partial charge in [0.1, 0.15) is 6.33 Å². The Morgan fingerprint density at radius 2 is 2.06 bits per heavy atom. The Kier molecular flexibility index (Phi) is 6.90. The van der Waals surface area contributed by atoms with Gasteiger partial charge in [-0.1, -0.05) is 11.8 Å². The van der Waals surface area contributed by atoms with E-state index in [4.69, 9.17) is 20.2 Å². The number of nitrogens with one attached hydrogen (secondary N) is 1. The molecule has 3 aromatic rings. The lowest BCUT2D eigenvalue weighted by molar-refractivity contribution is 0.153. The molecular weight excluding hydrogens is 546 g/mol. The lowest BCUT2D eigenvalue weighted by atomic mass is 9.95. The van der Waals surface area contributed by atoms with Crippen LogP contribution >= 0.6 is 27.7 Å². The molecule has 0 aliphatic carbocycles. The minimum absolute atomic E-state index is 0.00435. The molecule has 4 heterocycles. The average Bonchev–Trinajstić information content (AvgIpc) is 3.41. The Labute approximate surface area is 222 Å². The summed E-state index contributed by atoms with van der Waals surface area (Å²) in [7, 11) is 0. The van der Waals surface area contributed by atoms with Gasteiger partial charge in [0, 0.05) is 34.5 Å². The van der Waals surface area contributed by atoms with E-state index in [0.717, 1.165) is 46.9 Å². The van der Waals surface area contributed by atoms with Crippen LogP contribution in [0.1, 0.15) is 40.0 Å². The molecule has 12 heteroatoms. The fourth-order valence-corrected chi connectivity index (χ4v) is 5.99. The van der Waals surface area contributed by atoms with E-state index in [1.165, 1.54) is 18.1 Å². The molecular formula is C24H30BrN7O3S. The van der Waals surface area contributed by atoms with Gasteiger partial charge in [-0.3, -0.25) is 0 Å². The van der Waals surface area contributed by atoms with Crippen molar-refractivity contribution in [2.75, 3.05) is 25.6 Å². The van der Waals surface area contributed by atoms with E-state index in [9.17, 15) is 4.79 Å². The molecule has 0 radical (unpaired) electrons. The van der Waals surface area contributed by atoms with Crippen LogP contribution in [0.4, 0.5) is 10.6 Å². The molecule has 0 bridgehead atoms. The number of nitrogens with two attached hydrogens (primary N) is 1. The van der Waals surface area contributed by atoms with E-state index in [-0.39, 0.29) is 18.4 Å². The van der Waals surface area contributed by atoms with E-state index in [1.54, 1.807) is 0 Å². The molecule has 2 aliphatic rings. The van der Waals surface area contributed by atoms with Gasteiger partial charge in [0.2, 0.25) is 6.79 Å². The number of amides is 2. The number of aromatic nitrogens is 4. The van der Waals surface area contributed by atoms with E-state index in [2.05, 4.69) is 35.8 Å². The smallest absolute Gasteiger partial charge is 0.317 e. The van der Waals surface area contributed by atoms with Crippen molar-refractivity contribution in [1.82, 2.24) is 29.7 Å². The largest absolute Gasteiger partial charge is 0.454 e. The van der Waals surface area contributed by atoms with E-state index in [0.29, 0.717) is 40.9 Å². The highest BCUT2D eigenvalue weighted by Crippen LogP contribution is 2.43. The summed E-state index contributed by atoms with van der Waals surface area (Å²) in [4.78, 5) is 29.0. The van der Waals surface area contributed by atoms with E-state index >= 15 is 0 Å². The van der Waals surface area contributed by atoms with E-state index < -0.39 is 0 Å². The number of halogens is 1. The summed E-state index contributed by atoms with van der Waals surface area (Å²) in [6, 6.07) is 3.86. The minimum Gasteiger partial charge on any atom is -0.454 e. The molecule has 10 nitrogen and oxygen atoms in total. The zero-order valence-electron chi connectivity index (χ0n) is 20.6. The first-order valence-electron chi connectivity index (χ1n) is 12.0. The fraction of sp³-hybridized carbons (Fsp3) is 0.500. The van der Waals surface area contributed by atoms with Crippen molar-refractivity contribution in [3.05, 3.63) is 22.9 Å². The number of carbonyl (C=O) groups excluding carboxylic acids is 1. The number of rotatable bonds is 5. The summed E-state index contributed by atoms with van der Waals surface area (Å²) in [5, 5.41) is 3.86. The van der Waals surface area contributed by atoms with Crippen LogP contribution in [0, 0.1) is 5.92 Å². The molecule has 192 valence electrons. The summed E-state index contributed by atoms with van der Waals surface area (Å²) < 4.78 is 14.0. The molecule has 2 aromatic heterocycles. The highest BCUT2D eigenvalue weighted by Gasteiger charge is 2.27. The van der Waals surface area contributed by atoms with E-state index in [1.807, 2.05) is 37.8 Å². The number of nitrogens with zero attached hydrogens (tertiary/aromatic N) is 5. The van der Waals surface area contributed by atoms with Crippen LogP contribution in [0.3, 0.4) is 0 Å². The summed E-state index contributed by atoms with van der Waals surface area (Å²) in [6.45, 7) is 8.45. The Morgan fingerprint density at radius 3 is 2.83 bits per heavy atom. The second-order valence-corrected chi connectivity index (χ2v) is 12.0. The summed E-state index contributed by atoms with van der Waals surface area (Å²) in [5.41, 5.74) is 7.19. The third-order valence-corrected chi connectivity index (χ3v) is 8.17. The van der Waals surface area contributed by atoms with Gasteiger partial charge in [0.25, 0.3) is 0 Å². The van der Waals surface area contributed by atoms with Crippen molar-refractivity contribution in [2.45, 2.75) is 62.2 Å². The molecule has 0 saturated carbocycles. The van der Waals surface area contributed by atoms with Gasteiger partial charge in [-0.15, -0.1) is 0 Å². The molecule has 2 amide bonds. The third-order valence-electron chi connectivity index (χ3n) is 6.20. The topological polar surface area (TPSA) is 120 Å². The summed E-state index contributed by atoms with van der Waals surface area (Å²) in [6.07, 6.45) is 4.44. The number of carbonyl (C=O) groups is 1. The fourth-order valence-electron chi connectivity index (χ4n) is 4.49. The van der Waals surface area contributed by atoms with Gasteiger partial charge in [0.05, 0.1) is 0 Å². The number of fused-ring (bicyclic) bond motifs is 2. The van der Waals surface area contributed by atoms with Crippen molar-refractivity contribution >= 4 is 50.7 Å². The zero-order valence-corrected chi connectivity index (χ0v) is 23.0. The predicted molar refractivity (Wildman–Crippen MR) is 141 cm³/mol. The number of ether oxygens (including phenoxy) is 2. The second-order valence-electron chi connectivity index (χ2n) is 10.1. The van der Waals surface area contributed by atoms with Gasteiger partial charge in [-0.2, -0.15) is 0 Å². The first-order valence-corrected chi connectivity index (χ1v) is 13.6. The summed E-state index contributed by atoms with van der Waals surface area (Å²) in [5.74, 6) is 2.16. The van der Waals surface area contributed by atoms with Crippen molar-refractivity contribution in [3.8, 4) is 11.5 Å². The molecule has 1 unspecified atom stereocenters. The lowest BCUT2D eigenvalue weighted by Gasteiger charge is -2.35. The number of benzene rings is 1. The van der Waals surface area contributed by atoms with Crippen LogP contribution in [-0.4, -0.2) is 55.9 Å². The van der Waals surface area contributed by atoms with Crippen LogP contribution in [0.15, 0.2) is 33.0 Å². The highest BCUT2D eigenvalue weighted by atomic mass is 79.9. The predicted octanol–water partition coefficient (Wildman–Crippen LogP) is 4.66. The molecule has 2 aliphatic heterocycles. The Balaban J connectivity index is 1.36. The Hall–Kier alpha value is -2.73. The average molecular weight is 577 g/mol. The molecule has 1 fully saturated rings. The number of likely N-dealkylation sites (tertiary alicyclic amines) is 1. The van der Waals surface area contributed by atoms with Gasteiger partial charge >= 0.3 is 6.03 Å². The SMILES string of the molecule is CC(C)(C)NC(=O)N1CCCC(CCn2c(Sc3cc4c(cc3Br)OCO4)nc3c(N)ncnc32)C1. The monoisotopic (exact) mass is 575 g/mol. The van der Waals surface area contributed by atoms with Gasteiger partial charge in [-0.25, -0.2) is 19.7 Å². The third kappa shape index (κ3) is 5.34. The molecule has 5 rings (SSSR count). The molecule has 3 N–H and O–H groups in total. The minimum atomic E-state index is -0.255. The Bertz CT molecular complexity index is 1290. The summed E-state index contributed by atoms with van der Waals surface area (Å²) >= 11 is 5.15. The van der Waals surface area contributed by atoms with Crippen LogP contribution < -0.4 is 20.5 Å². The maximum Gasteiger partial charge on any atom is 0.317 e. The van der Waals surface area contributed by atoms with Crippen LogP contribution in [-0.2, 0) is 6.54 Å². The number of hydrogen-bond acceptors (Lipinski definition) is 8. The lowest BCUT2D eigenvalue weighted by Crippen LogP contribution is -2.51. The number of imidazole rings is 1. The quantitative estimate of drug-likeness (QED) is 0.450. The molecule has 1 aromatic carbocycles. The zero-order chi connectivity index (χ0) is 25.4. The van der Waals surface area contributed by atoms with Gasteiger partial charge in [0.15, 0.2) is 33.6 Å². The van der Waals surface area contributed by atoms with Crippen molar-refractivity contribution in [2.24, 2.45) is 5.92 Å². The standard InChI is InChI=1S/C24H30BrN7O3S/c1-24(2,3)30-22(33)31-7-4-5-14(11-31)6-8-32-21-19(20(26)27-12-28-21)29-23(32)36-18-10-17-16(9-15(18)25)34-13-35-17/h9-10,12,14H,4-8,11,13H2,1-3H3,(H,30,33)(H2,26,27,28). The van der Waals surface area contributed by atoms with Gasteiger partial charge in [-0.05, 0) is 74.0 Å².